The third-order valence-corrected chi connectivity index (χ3v) is 3.88. The Labute approximate surface area is 150 Å². The standard InChI is InChI=1S/C19H14ClN5/c20-17-12-18(24-19(23-17)22-16-4-2-1-3-5-16)25-11-8-15(13-25)14-6-9-21-10-7-14/h1-13H,(H,22,23,24). The molecule has 0 aliphatic heterocycles. The lowest BCUT2D eigenvalue weighted by Gasteiger charge is -2.08. The zero-order valence-electron chi connectivity index (χ0n) is 13.2. The van der Waals surface area contributed by atoms with Gasteiger partial charge < -0.3 is 9.88 Å². The van der Waals surface area contributed by atoms with Crippen molar-refractivity contribution in [3.8, 4) is 16.9 Å². The molecule has 6 heteroatoms. The molecule has 4 rings (SSSR count). The average molecular weight is 348 g/mol. The van der Waals surface area contributed by atoms with E-state index in [0.29, 0.717) is 16.9 Å². The van der Waals surface area contributed by atoms with Crippen LogP contribution in [-0.4, -0.2) is 19.5 Å². The molecule has 1 N–H and O–H groups in total. The van der Waals surface area contributed by atoms with Crippen molar-refractivity contribution in [3.05, 3.63) is 84.5 Å². The van der Waals surface area contributed by atoms with E-state index >= 15 is 0 Å². The van der Waals surface area contributed by atoms with Crippen LogP contribution in [0.25, 0.3) is 16.9 Å². The molecule has 0 atom stereocenters. The van der Waals surface area contributed by atoms with Crippen LogP contribution in [0.1, 0.15) is 0 Å². The Morgan fingerprint density at radius 2 is 1.68 bits per heavy atom. The van der Waals surface area contributed by atoms with Gasteiger partial charge in [-0.25, -0.2) is 4.98 Å². The van der Waals surface area contributed by atoms with Crippen molar-refractivity contribution in [3.63, 3.8) is 0 Å². The number of para-hydroxylation sites is 1. The van der Waals surface area contributed by atoms with Crippen LogP contribution in [-0.2, 0) is 0 Å². The van der Waals surface area contributed by atoms with Crippen molar-refractivity contribution in [2.75, 3.05) is 5.32 Å². The van der Waals surface area contributed by atoms with Gasteiger partial charge in [-0.1, -0.05) is 29.8 Å². The zero-order valence-corrected chi connectivity index (χ0v) is 13.9. The molecule has 0 saturated heterocycles. The SMILES string of the molecule is Clc1cc(-n2ccc(-c3ccncc3)c2)nc(Nc2ccccc2)n1. The fourth-order valence-corrected chi connectivity index (χ4v) is 2.68. The predicted molar refractivity (Wildman–Crippen MR) is 99.3 cm³/mol. The van der Waals surface area contributed by atoms with Crippen molar-refractivity contribution in [2.45, 2.75) is 0 Å². The second kappa shape index (κ2) is 6.75. The molecule has 0 bridgehead atoms. The molecule has 0 unspecified atom stereocenters. The van der Waals surface area contributed by atoms with Crippen LogP contribution in [0, 0.1) is 0 Å². The van der Waals surface area contributed by atoms with Gasteiger partial charge in [-0.2, -0.15) is 4.98 Å². The molecule has 0 aliphatic rings. The number of pyridine rings is 1. The third kappa shape index (κ3) is 3.51. The van der Waals surface area contributed by atoms with E-state index in [1.54, 1.807) is 18.5 Å². The Kier molecular flexibility index (Phi) is 4.14. The second-order valence-electron chi connectivity index (χ2n) is 5.41. The molecule has 0 spiro atoms. The van der Waals surface area contributed by atoms with E-state index in [1.165, 1.54) is 0 Å². The van der Waals surface area contributed by atoms with Crippen LogP contribution in [0.2, 0.25) is 5.15 Å². The molecule has 25 heavy (non-hydrogen) atoms. The molecule has 4 aromatic rings. The number of nitrogens with zero attached hydrogens (tertiary/aromatic N) is 4. The average Bonchev–Trinajstić information content (AvgIpc) is 3.13. The number of anilines is 2. The van der Waals surface area contributed by atoms with E-state index in [1.807, 2.05) is 65.5 Å². The van der Waals surface area contributed by atoms with Gasteiger partial charge in [-0.15, -0.1) is 0 Å². The highest BCUT2D eigenvalue weighted by molar-refractivity contribution is 6.29. The van der Waals surface area contributed by atoms with Gasteiger partial charge in [0.05, 0.1) is 0 Å². The maximum atomic E-state index is 6.18. The molecule has 3 heterocycles. The summed E-state index contributed by atoms with van der Waals surface area (Å²) in [4.78, 5) is 12.8. The summed E-state index contributed by atoms with van der Waals surface area (Å²) in [6.07, 6.45) is 7.49. The number of benzene rings is 1. The number of nitrogens with one attached hydrogen (secondary N) is 1. The highest BCUT2D eigenvalue weighted by Crippen LogP contribution is 2.22. The fourth-order valence-electron chi connectivity index (χ4n) is 2.50. The lowest BCUT2D eigenvalue weighted by Crippen LogP contribution is -2.02. The number of hydrogen-bond donors (Lipinski definition) is 1. The Bertz CT molecular complexity index is 983. The monoisotopic (exact) mass is 347 g/mol. The summed E-state index contributed by atoms with van der Waals surface area (Å²) in [5.74, 6) is 1.14. The number of rotatable bonds is 4. The first-order valence-electron chi connectivity index (χ1n) is 7.73. The molecule has 3 aromatic heterocycles. The van der Waals surface area contributed by atoms with Gasteiger partial charge in [0.15, 0.2) is 0 Å². The number of hydrogen-bond acceptors (Lipinski definition) is 4. The van der Waals surface area contributed by atoms with Crippen LogP contribution < -0.4 is 5.32 Å². The summed E-state index contributed by atoms with van der Waals surface area (Å²) in [5.41, 5.74) is 3.08. The van der Waals surface area contributed by atoms with E-state index in [9.17, 15) is 0 Å². The zero-order chi connectivity index (χ0) is 17.1. The van der Waals surface area contributed by atoms with Gasteiger partial charge in [-0.05, 0) is 41.5 Å². The van der Waals surface area contributed by atoms with Crippen LogP contribution in [0.4, 0.5) is 11.6 Å². The summed E-state index contributed by atoms with van der Waals surface area (Å²) in [6.45, 7) is 0. The molecule has 0 saturated carbocycles. The minimum Gasteiger partial charge on any atom is -0.324 e. The fraction of sp³-hybridized carbons (Fsp3) is 0. The van der Waals surface area contributed by atoms with E-state index in [-0.39, 0.29) is 0 Å². The lowest BCUT2D eigenvalue weighted by atomic mass is 10.1. The van der Waals surface area contributed by atoms with Crippen molar-refractivity contribution < 1.29 is 0 Å². The molecule has 0 aliphatic carbocycles. The van der Waals surface area contributed by atoms with Crippen LogP contribution in [0.5, 0.6) is 0 Å². The van der Waals surface area contributed by atoms with Crippen LogP contribution in [0.15, 0.2) is 79.4 Å². The predicted octanol–water partition coefficient (Wildman–Crippen LogP) is 4.73. The van der Waals surface area contributed by atoms with Gasteiger partial charge in [0.2, 0.25) is 5.95 Å². The second-order valence-corrected chi connectivity index (χ2v) is 5.79. The first-order valence-corrected chi connectivity index (χ1v) is 8.11. The molecule has 5 nitrogen and oxygen atoms in total. The van der Waals surface area contributed by atoms with Crippen molar-refractivity contribution in [1.82, 2.24) is 19.5 Å². The minimum atomic E-state index is 0.377. The van der Waals surface area contributed by atoms with E-state index < -0.39 is 0 Å². The van der Waals surface area contributed by atoms with Gasteiger partial charge in [-0.3, -0.25) is 4.98 Å². The Morgan fingerprint density at radius 3 is 2.48 bits per heavy atom. The maximum Gasteiger partial charge on any atom is 0.230 e. The summed E-state index contributed by atoms with van der Waals surface area (Å²) in [7, 11) is 0. The number of halogens is 1. The highest BCUT2D eigenvalue weighted by Gasteiger charge is 2.07. The van der Waals surface area contributed by atoms with E-state index in [4.69, 9.17) is 11.6 Å². The topological polar surface area (TPSA) is 55.6 Å². The Balaban J connectivity index is 1.66. The summed E-state index contributed by atoms with van der Waals surface area (Å²) >= 11 is 6.18. The number of aromatic nitrogens is 4. The molecule has 0 fully saturated rings. The quantitative estimate of drug-likeness (QED) is 0.542. The molecule has 1 aromatic carbocycles. The van der Waals surface area contributed by atoms with Crippen molar-refractivity contribution in [1.29, 1.82) is 0 Å². The maximum absolute atomic E-state index is 6.18. The third-order valence-electron chi connectivity index (χ3n) is 3.68. The normalized spacial score (nSPS) is 10.6. The van der Waals surface area contributed by atoms with Gasteiger partial charge in [0.25, 0.3) is 0 Å². The van der Waals surface area contributed by atoms with E-state index in [2.05, 4.69) is 20.3 Å². The lowest BCUT2D eigenvalue weighted by molar-refractivity contribution is 0.988. The molecule has 0 amide bonds. The van der Waals surface area contributed by atoms with Crippen LogP contribution in [0.3, 0.4) is 0 Å². The molecular formula is C19H14ClN5. The van der Waals surface area contributed by atoms with Gasteiger partial charge >= 0.3 is 0 Å². The molecular weight excluding hydrogens is 334 g/mol. The van der Waals surface area contributed by atoms with E-state index in [0.717, 1.165) is 16.8 Å². The largest absolute Gasteiger partial charge is 0.324 e. The van der Waals surface area contributed by atoms with Crippen molar-refractivity contribution in [2.24, 2.45) is 0 Å². The van der Waals surface area contributed by atoms with Crippen molar-refractivity contribution >= 4 is 23.2 Å². The first-order chi connectivity index (χ1) is 12.3. The van der Waals surface area contributed by atoms with Gasteiger partial charge in [0.1, 0.15) is 11.0 Å². The molecule has 0 radical (unpaired) electrons. The van der Waals surface area contributed by atoms with Crippen LogP contribution >= 0.6 is 11.6 Å². The first kappa shape index (κ1) is 15.4. The summed E-state index contributed by atoms with van der Waals surface area (Å²) in [6, 6.07) is 17.4. The highest BCUT2D eigenvalue weighted by atomic mass is 35.5. The Morgan fingerprint density at radius 1 is 0.880 bits per heavy atom. The molecule has 122 valence electrons. The smallest absolute Gasteiger partial charge is 0.230 e. The summed E-state index contributed by atoms with van der Waals surface area (Å²) in [5, 5.41) is 3.54. The van der Waals surface area contributed by atoms with Gasteiger partial charge in [0, 0.05) is 36.5 Å². The Hall–Kier alpha value is -3.18. The minimum absolute atomic E-state index is 0.377. The summed E-state index contributed by atoms with van der Waals surface area (Å²) < 4.78 is 1.92.